The van der Waals surface area contributed by atoms with Crippen LogP contribution in [0.5, 0.6) is 0 Å². The van der Waals surface area contributed by atoms with Gasteiger partial charge in [0.2, 0.25) is 0 Å². The Hall–Kier alpha value is 0.300. The van der Waals surface area contributed by atoms with Gasteiger partial charge in [0.1, 0.15) is 26.4 Å². The number of alkyl halides is 2. The van der Waals surface area contributed by atoms with Gasteiger partial charge in [-0.15, -0.1) is 0 Å². The molecule has 52 valence electrons. The van der Waals surface area contributed by atoms with Crippen molar-refractivity contribution in [3.8, 4) is 0 Å². The second-order valence-electron chi connectivity index (χ2n) is 1.24. The largest absolute Gasteiger partial charge is 1.00 e. The molecular weight excluding hydrogens is 180 g/mol. The fourth-order valence-electron chi connectivity index (χ4n) is 0.299. The highest BCUT2D eigenvalue weighted by Gasteiger charge is 1.84. The molecule has 0 aromatic heterocycles. The van der Waals surface area contributed by atoms with Crippen LogP contribution in [0.1, 0.15) is 0 Å². The zero-order valence-electron chi connectivity index (χ0n) is 4.54. The Morgan fingerprint density at radius 2 is 1.38 bits per heavy atom. The number of nitrogens with two attached hydrogens (primary N) is 1. The third-order valence-corrected chi connectivity index (χ3v) is 0.626. The highest BCUT2D eigenvalue weighted by Crippen LogP contribution is 1.55. The summed E-state index contributed by atoms with van der Waals surface area (Å²) in [6, 6.07) is 0. The summed E-state index contributed by atoms with van der Waals surface area (Å²) < 4.78 is 22.3. The third-order valence-electron chi connectivity index (χ3n) is 0.626. The molecule has 0 aliphatic heterocycles. The normalized spacial score (nSPS) is 8.25. The summed E-state index contributed by atoms with van der Waals surface area (Å²) >= 11 is 0. The van der Waals surface area contributed by atoms with E-state index in [2.05, 4.69) is 0 Å². The van der Waals surface area contributed by atoms with Crippen molar-refractivity contribution >= 4 is 0 Å². The van der Waals surface area contributed by atoms with Gasteiger partial charge >= 0.3 is 0 Å². The number of hydrogen-bond donors (Lipinski definition) is 1. The fraction of sp³-hybridized carbons (Fsp3) is 1.00. The fourth-order valence-corrected chi connectivity index (χ4v) is 0.299. The minimum absolute atomic E-state index is 0. The standard InChI is InChI=1S/C4H9F2N.BrH/c5-1-3-7-4-2-6;/h7H,1-4H2;1H. The predicted molar refractivity (Wildman–Crippen MR) is 23.6 cm³/mol. The van der Waals surface area contributed by atoms with Gasteiger partial charge in [-0.3, -0.25) is 0 Å². The molecule has 0 aliphatic carbocycles. The topological polar surface area (TPSA) is 16.6 Å². The van der Waals surface area contributed by atoms with Gasteiger partial charge in [-0.2, -0.15) is 0 Å². The SMILES string of the molecule is FCC[NH2+]CCF.[Br-]. The summed E-state index contributed by atoms with van der Waals surface area (Å²) in [5.74, 6) is 0. The molecule has 0 unspecified atom stereocenters. The van der Waals surface area contributed by atoms with Crippen molar-refractivity contribution in [1.29, 1.82) is 0 Å². The van der Waals surface area contributed by atoms with Crippen LogP contribution in [0.4, 0.5) is 8.78 Å². The first-order valence-electron chi connectivity index (χ1n) is 2.35. The van der Waals surface area contributed by atoms with E-state index in [-0.39, 0.29) is 30.3 Å². The van der Waals surface area contributed by atoms with Crippen LogP contribution in [-0.4, -0.2) is 26.4 Å². The van der Waals surface area contributed by atoms with E-state index in [0.29, 0.717) is 13.1 Å². The van der Waals surface area contributed by atoms with E-state index in [0.717, 1.165) is 0 Å². The maximum Gasteiger partial charge on any atom is 0.138 e. The van der Waals surface area contributed by atoms with Gasteiger partial charge in [0.25, 0.3) is 0 Å². The molecule has 0 saturated heterocycles. The first-order valence-corrected chi connectivity index (χ1v) is 2.35. The van der Waals surface area contributed by atoms with Crippen LogP contribution in [0.15, 0.2) is 0 Å². The first kappa shape index (κ1) is 11.1. The molecule has 0 heterocycles. The van der Waals surface area contributed by atoms with E-state index in [4.69, 9.17) is 0 Å². The number of rotatable bonds is 4. The van der Waals surface area contributed by atoms with E-state index in [1.165, 1.54) is 0 Å². The van der Waals surface area contributed by atoms with E-state index >= 15 is 0 Å². The summed E-state index contributed by atoms with van der Waals surface area (Å²) in [6.45, 7) is 0.0633. The van der Waals surface area contributed by atoms with E-state index in [9.17, 15) is 8.78 Å². The summed E-state index contributed by atoms with van der Waals surface area (Å²) in [5, 5.41) is 1.61. The van der Waals surface area contributed by atoms with Gasteiger partial charge in [-0.1, -0.05) is 0 Å². The van der Waals surface area contributed by atoms with Gasteiger partial charge < -0.3 is 22.3 Å². The number of quaternary nitrogens is 1. The summed E-state index contributed by atoms with van der Waals surface area (Å²) in [6.07, 6.45) is 0. The molecule has 2 N–H and O–H groups in total. The van der Waals surface area contributed by atoms with Crippen molar-refractivity contribution in [2.24, 2.45) is 0 Å². The zero-order chi connectivity index (χ0) is 5.54. The molecular formula is C4H10BrF2N. The van der Waals surface area contributed by atoms with Crippen molar-refractivity contribution in [3.63, 3.8) is 0 Å². The van der Waals surface area contributed by atoms with Gasteiger partial charge in [-0.05, 0) is 0 Å². The quantitative estimate of drug-likeness (QED) is 0.443. The lowest BCUT2D eigenvalue weighted by Crippen LogP contribution is -3.00. The van der Waals surface area contributed by atoms with Crippen molar-refractivity contribution < 1.29 is 31.1 Å². The molecule has 0 aliphatic rings. The Labute approximate surface area is 58.2 Å². The van der Waals surface area contributed by atoms with Crippen LogP contribution in [0, 0.1) is 0 Å². The lowest BCUT2D eigenvalue weighted by atomic mass is 10.6. The Kier molecular flexibility index (Phi) is 14.4. The minimum Gasteiger partial charge on any atom is -1.00 e. The van der Waals surface area contributed by atoms with Crippen LogP contribution < -0.4 is 22.3 Å². The van der Waals surface area contributed by atoms with E-state index < -0.39 is 0 Å². The van der Waals surface area contributed by atoms with Crippen LogP contribution in [-0.2, 0) is 0 Å². The van der Waals surface area contributed by atoms with Crippen LogP contribution in [0.2, 0.25) is 0 Å². The molecule has 0 aromatic rings. The monoisotopic (exact) mass is 189 g/mol. The van der Waals surface area contributed by atoms with Crippen molar-refractivity contribution in [2.45, 2.75) is 0 Å². The molecule has 8 heavy (non-hydrogen) atoms. The Balaban J connectivity index is 0. The van der Waals surface area contributed by atoms with Crippen molar-refractivity contribution in [1.82, 2.24) is 0 Å². The lowest BCUT2D eigenvalue weighted by Gasteiger charge is -1.89. The molecule has 0 atom stereocenters. The Morgan fingerprint density at radius 3 is 1.62 bits per heavy atom. The number of hydrogen-bond acceptors (Lipinski definition) is 0. The Morgan fingerprint density at radius 1 is 1.00 bits per heavy atom. The molecule has 4 heteroatoms. The average Bonchev–Trinajstić information content (AvgIpc) is 1.69. The zero-order valence-corrected chi connectivity index (χ0v) is 6.13. The van der Waals surface area contributed by atoms with E-state index in [1.807, 2.05) is 0 Å². The molecule has 0 fully saturated rings. The molecule has 0 rings (SSSR count). The Bertz CT molecular complexity index is 33.2. The summed E-state index contributed by atoms with van der Waals surface area (Å²) in [7, 11) is 0. The minimum atomic E-state index is -0.361. The van der Waals surface area contributed by atoms with Crippen LogP contribution >= 0.6 is 0 Å². The van der Waals surface area contributed by atoms with Gasteiger partial charge in [0, 0.05) is 0 Å². The molecule has 1 nitrogen and oxygen atoms in total. The first-order chi connectivity index (χ1) is 3.41. The predicted octanol–water partition coefficient (Wildman–Crippen LogP) is -3.51. The van der Waals surface area contributed by atoms with Gasteiger partial charge in [0.05, 0.1) is 0 Å². The van der Waals surface area contributed by atoms with E-state index in [1.54, 1.807) is 5.32 Å². The third kappa shape index (κ3) is 9.57. The smallest absolute Gasteiger partial charge is 0.138 e. The molecule has 0 aromatic carbocycles. The van der Waals surface area contributed by atoms with Crippen LogP contribution in [0.25, 0.3) is 0 Å². The molecule has 0 bridgehead atoms. The highest BCUT2D eigenvalue weighted by atomic mass is 79.9. The second-order valence-corrected chi connectivity index (χ2v) is 1.24. The number of halogens is 3. The highest BCUT2D eigenvalue weighted by molar-refractivity contribution is 4.16. The maximum absolute atomic E-state index is 11.2. The molecule has 0 amide bonds. The second kappa shape index (κ2) is 10.3. The van der Waals surface area contributed by atoms with Crippen molar-refractivity contribution in [2.75, 3.05) is 26.4 Å². The molecule has 0 spiro atoms. The molecule has 0 radical (unpaired) electrons. The van der Waals surface area contributed by atoms with Gasteiger partial charge in [0.15, 0.2) is 0 Å². The summed E-state index contributed by atoms with van der Waals surface area (Å²) in [4.78, 5) is 0. The average molecular weight is 190 g/mol. The van der Waals surface area contributed by atoms with Crippen molar-refractivity contribution in [3.05, 3.63) is 0 Å². The maximum atomic E-state index is 11.2. The summed E-state index contributed by atoms with van der Waals surface area (Å²) in [5.41, 5.74) is 0. The van der Waals surface area contributed by atoms with Gasteiger partial charge in [-0.25, -0.2) is 8.78 Å². The van der Waals surface area contributed by atoms with Crippen LogP contribution in [0.3, 0.4) is 0 Å². The lowest BCUT2D eigenvalue weighted by molar-refractivity contribution is -0.654. The molecule has 0 saturated carbocycles.